The number of nitrogens with one attached hydrogen (secondary N) is 1. The summed E-state index contributed by atoms with van der Waals surface area (Å²) >= 11 is 0. The number of carbonyl (C=O) groups is 2. The van der Waals surface area contributed by atoms with E-state index in [2.05, 4.69) is 10.3 Å². The average molecular weight is 253 g/mol. The van der Waals surface area contributed by atoms with Crippen molar-refractivity contribution in [3.63, 3.8) is 0 Å². The van der Waals surface area contributed by atoms with Gasteiger partial charge in [-0.15, -0.1) is 0 Å². The van der Waals surface area contributed by atoms with E-state index in [0.29, 0.717) is 31.0 Å². The second-order valence-electron chi connectivity index (χ2n) is 4.21. The number of hydrogen-bond donors (Lipinski definition) is 2. The zero-order chi connectivity index (χ0) is 13.1. The number of likely N-dealkylation sites (tertiary alicyclic amines) is 1. The molecule has 1 fully saturated rings. The third-order valence-corrected chi connectivity index (χ3v) is 2.86. The lowest BCUT2D eigenvalue weighted by atomic mass is 10.2. The molecule has 0 aromatic carbocycles. The second kappa shape index (κ2) is 5.07. The van der Waals surface area contributed by atoms with E-state index in [9.17, 15) is 9.59 Å². The summed E-state index contributed by atoms with van der Waals surface area (Å²) in [4.78, 5) is 28.0. The predicted octanol–water partition coefficient (Wildman–Crippen LogP) is 0.742. The molecule has 7 heteroatoms. The van der Waals surface area contributed by atoms with Crippen molar-refractivity contribution in [3.8, 4) is 0 Å². The molecule has 2 rings (SSSR count). The van der Waals surface area contributed by atoms with Crippen LogP contribution in [-0.4, -0.2) is 39.6 Å². The SMILES string of the molecule is Cc1cnc(CNC(=O)N2CCC[C@@H]2C(=O)O)o1. The minimum absolute atomic E-state index is 0.162. The van der Waals surface area contributed by atoms with Crippen molar-refractivity contribution >= 4 is 12.0 Å². The fourth-order valence-electron chi connectivity index (χ4n) is 2.00. The van der Waals surface area contributed by atoms with Crippen LogP contribution in [-0.2, 0) is 11.3 Å². The van der Waals surface area contributed by atoms with Gasteiger partial charge in [-0.3, -0.25) is 0 Å². The van der Waals surface area contributed by atoms with Gasteiger partial charge in [0.2, 0.25) is 5.89 Å². The number of urea groups is 1. The highest BCUT2D eigenvalue weighted by molar-refractivity contribution is 5.83. The Morgan fingerprint density at radius 1 is 1.67 bits per heavy atom. The summed E-state index contributed by atoms with van der Waals surface area (Å²) in [5, 5.41) is 11.6. The third kappa shape index (κ3) is 2.61. The van der Waals surface area contributed by atoms with Crippen LogP contribution in [0, 0.1) is 6.92 Å². The number of amides is 2. The molecule has 2 N–H and O–H groups in total. The number of aryl methyl sites for hydroxylation is 1. The normalized spacial score (nSPS) is 18.9. The highest BCUT2D eigenvalue weighted by Crippen LogP contribution is 2.17. The van der Waals surface area contributed by atoms with E-state index in [0.717, 1.165) is 0 Å². The Morgan fingerprint density at radius 3 is 3.06 bits per heavy atom. The van der Waals surface area contributed by atoms with E-state index in [-0.39, 0.29) is 6.54 Å². The van der Waals surface area contributed by atoms with Gasteiger partial charge in [0.1, 0.15) is 11.8 Å². The molecule has 1 aliphatic rings. The maximum absolute atomic E-state index is 11.8. The van der Waals surface area contributed by atoms with Gasteiger partial charge in [0.15, 0.2) is 0 Å². The fourth-order valence-corrected chi connectivity index (χ4v) is 2.00. The molecule has 1 atom stereocenters. The van der Waals surface area contributed by atoms with Gasteiger partial charge in [-0.1, -0.05) is 0 Å². The fraction of sp³-hybridized carbons (Fsp3) is 0.545. The third-order valence-electron chi connectivity index (χ3n) is 2.86. The molecule has 2 heterocycles. The van der Waals surface area contributed by atoms with Crippen LogP contribution in [0.3, 0.4) is 0 Å². The highest BCUT2D eigenvalue weighted by Gasteiger charge is 2.33. The first-order valence-electron chi connectivity index (χ1n) is 5.76. The summed E-state index contributed by atoms with van der Waals surface area (Å²) in [6.07, 6.45) is 2.78. The summed E-state index contributed by atoms with van der Waals surface area (Å²) in [5.41, 5.74) is 0. The molecule has 7 nitrogen and oxygen atoms in total. The van der Waals surface area contributed by atoms with Gasteiger partial charge < -0.3 is 19.7 Å². The Labute approximate surface area is 104 Å². The maximum Gasteiger partial charge on any atom is 0.326 e. The van der Waals surface area contributed by atoms with E-state index in [1.807, 2.05) is 0 Å². The molecule has 1 aromatic rings. The number of carboxylic acid groups (broad SMARTS) is 1. The van der Waals surface area contributed by atoms with Gasteiger partial charge in [0.05, 0.1) is 12.7 Å². The first-order valence-corrected chi connectivity index (χ1v) is 5.76. The van der Waals surface area contributed by atoms with Crippen molar-refractivity contribution in [1.29, 1.82) is 0 Å². The number of nitrogens with zero attached hydrogens (tertiary/aromatic N) is 2. The Hall–Kier alpha value is -2.05. The monoisotopic (exact) mass is 253 g/mol. The van der Waals surface area contributed by atoms with Crippen LogP contribution in [0.2, 0.25) is 0 Å². The lowest BCUT2D eigenvalue weighted by Gasteiger charge is -2.21. The van der Waals surface area contributed by atoms with Gasteiger partial charge >= 0.3 is 12.0 Å². The van der Waals surface area contributed by atoms with Gasteiger partial charge in [-0.2, -0.15) is 0 Å². The minimum atomic E-state index is -0.963. The molecule has 0 unspecified atom stereocenters. The molecule has 1 aromatic heterocycles. The van der Waals surface area contributed by atoms with Crippen molar-refractivity contribution in [2.75, 3.05) is 6.54 Å². The predicted molar refractivity (Wildman–Crippen MR) is 60.8 cm³/mol. The van der Waals surface area contributed by atoms with E-state index in [1.165, 1.54) is 4.90 Å². The molecular formula is C11H15N3O4. The van der Waals surface area contributed by atoms with Crippen LogP contribution in [0.25, 0.3) is 0 Å². The van der Waals surface area contributed by atoms with Gasteiger partial charge in [-0.25, -0.2) is 14.6 Å². The molecule has 0 saturated carbocycles. The number of rotatable bonds is 3. The maximum atomic E-state index is 11.8. The van der Waals surface area contributed by atoms with Crippen molar-refractivity contribution in [2.45, 2.75) is 32.4 Å². The van der Waals surface area contributed by atoms with E-state index in [4.69, 9.17) is 9.52 Å². The molecule has 0 bridgehead atoms. The lowest BCUT2D eigenvalue weighted by molar-refractivity contribution is -0.141. The Morgan fingerprint density at radius 2 is 2.44 bits per heavy atom. The van der Waals surface area contributed by atoms with Crippen molar-refractivity contribution in [3.05, 3.63) is 17.8 Å². The summed E-state index contributed by atoms with van der Waals surface area (Å²) < 4.78 is 5.21. The Balaban J connectivity index is 1.89. The lowest BCUT2D eigenvalue weighted by Crippen LogP contribution is -2.45. The van der Waals surface area contributed by atoms with Crippen LogP contribution in [0.1, 0.15) is 24.5 Å². The van der Waals surface area contributed by atoms with Crippen LogP contribution in [0.5, 0.6) is 0 Å². The molecule has 2 amide bonds. The molecule has 0 spiro atoms. The first kappa shape index (κ1) is 12.4. The number of oxazole rings is 1. The van der Waals surface area contributed by atoms with E-state index in [1.54, 1.807) is 13.1 Å². The van der Waals surface area contributed by atoms with Crippen LogP contribution in [0.15, 0.2) is 10.6 Å². The standard InChI is InChI=1S/C11H15N3O4/c1-7-5-12-9(18-7)6-13-11(17)14-4-2-3-8(14)10(15)16/h5,8H,2-4,6H2,1H3,(H,13,17)(H,15,16)/t8-/m1/s1. The van der Waals surface area contributed by atoms with Crippen molar-refractivity contribution in [2.24, 2.45) is 0 Å². The second-order valence-corrected chi connectivity index (χ2v) is 4.21. The van der Waals surface area contributed by atoms with Gasteiger partial charge in [0.25, 0.3) is 0 Å². The van der Waals surface area contributed by atoms with Crippen molar-refractivity contribution in [1.82, 2.24) is 15.2 Å². The largest absolute Gasteiger partial charge is 0.480 e. The van der Waals surface area contributed by atoms with E-state index < -0.39 is 18.0 Å². The Bertz CT molecular complexity index is 457. The quantitative estimate of drug-likeness (QED) is 0.828. The highest BCUT2D eigenvalue weighted by atomic mass is 16.4. The number of hydrogen-bond acceptors (Lipinski definition) is 4. The molecule has 1 saturated heterocycles. The first-order chi connectivity index (χ1) is 8.58. The zero-order valence-electron chi connectivity index (χ0n) is 10.0. The Kier molecular flexibility index (Phi) is 3.50. The molecule has 98 valence electrons. The molecular weight excluding hydrogens is 238 g/mol. The zero-order valence-corrected chi connectivity index (χ0v) is 10.0. The number of carbonyl (C=O) groups excluding carboxylic acids is 1. The summed E-state index contributed by atoms with van der Waals surface area (Å²) in [7, 11) is 0. The minimum Gasteiger partial charge on any atom is -0.480 e. The topological polar surface area (TPSA) is 95.7 Å². The van der Waals surface area contributed by atoms with Crippen LogP contribution < -0.4 is 5.32 Å². The van der Waals surface area contributed by atoms with E-state index >= 15 is 0 Å². The van der Waals surface area contributed by atoms with Crippen molar-refractivity contribution < 1.29 is 19.1 Å². The van der Waals surface area contributed by atoms with Gasteiger partial charge in [0, 0.05) is 6.54 Å². The molecule has 18 heavy (non-hydrogen) atoms. The summed E-state index contributed by atoms with van der Waals surface area (Å²) in [6, 6.07) is -1.12. The van der Waals surface area contributed by atoms with Crippen LogP contribution in [0.4, 0.5) is 4.79 Å². The molecule has 0 radical (unpaired) electrons. The molecule has 1 aliphatic heterocycles. The summed E-state index contributed by atoms with van der Waals surface area (Å²) in [6.45, 7) is 2.39. The number of aromatic nitrogens is 1. The number of aliphatic carboxylic acids is 1. The summed E-state index contributed by atoms with van der Waals surface area (Å²) in [5.74, 6) is 0.116. The smallest absolute Gasteiger partial charge is 0.326 e. The number of carboxylic acids is 1. The molecule has 0 aliphatic carbocycles. The van der Waals surface area contributed by atoms with Crippen LogP contribution >= 0.6 is 0 Å². The average Bonchev–Trinajstić information content (AvgIpc) is 2.94. The van der Waals surface area contributed by atoms with Gasteiger partial charge in [-0.05, 0) is 19.8 Å².